The predicted octanol–water partition coefficient (Wildman–Crippen LogP) is 3.57. The molecule has 0 bridgehead atoms. The SMILES string of the molecule is COC(=O)C1=C(c2ccccc2)CC2CN(S(=O)(=O)c3ccc(C)cc3)CC2=C1. The van der Waals surface area contributed by atoms with Gasteiger partial charge in [0.25, 0.3) is 0 Å². The van der Waals surface area contributed by atoms with Gasteiger partial charge in [0, 0.05) is 13.1 Å². The molecule has 2 aromatic carbocycles. The Bertz CT molecular complexity index is 1100. The van der Waals surface area contributed by atoms with Crippen molar-refractivity contribution in [2.75, 3.05) is 20.2 Å². The molecule has 1 atom stereocenters. The minimum absolute atomic E-state index is 0.0545. The molecule has 1 heterocycles. The topological polar surface area (TPSA) is 63.7 Å². The van der Waals surface area contributed by atoms with Gasteiger partial charge >= 0.3 is 5.97 Å². The van der Waals surface area contributed by atoms with Crippen LogP contribution in [0.25, 0.3) is 5.57 Å². The van der Waals surface area contributed by atoms with Crippen LogP contribution in [0.4, 0.5) is 0 Å². The maximum absolute atomic E-state index is 13.1. The van der Waals surface area contributed by atoms with Crippen molar-refractivity contribution >= 4 is 21.6 Å². The number of methoxy groups -OCH3 is 1. The lowest BCUT2D eigenvalue weighted by molar-refractivity contribution is -0.135. The van der Waals surface area contributed by atoms with Crippen LogP contribution in [0.15, 0.2) is 76.7 Å². The summed E-state index contributed by atoms with van der Waals surface area (Å²) in [4.78, 5) is 12.7. The Labute approximate surface area is 171 Å². The van der Waals surface area contributed by atoms with Gasteiger partial charge in [-0.05, 0) is 54.2 Å². The summed E-state index contributed by atoms with van der Waals surface area (Å²) >= 11 is 0. The van der Waals surface area contributed by atoms with E-state index in [1.54, 1.807) is 24.3 Å². The molecule has 0 radical (unpaired) electrons. The Morgan fingerprint density at radius 2 is 1.76 bits per heavy atom. The molecule has 1 saturated heterocycles. The van der Waals surface area contributed by atoms with Gasteiger partial charge in [-0.25, -0.2) is 13.2 Å². The summed E-state index contributed by atoms with van der Waals surface area (Å²) in [6.45, 7) is 2.63. The van der Waals surface area contributed by atoms with Gasteiger partial charge in [0.1, 0.15) is 0 Å². The minimum atomic E-state index is -3.58. The first-order chi connectivity index (χ1) is 13.9. The third-order valence-electron chi connectivity index (χ3n) is 5.60. The van der Waals surface area contributed by atoms with Crippen molar-refractivity contribution in [2.24, 2.45) is 5.92 Å². The lowest BCUT2D eigenvalue weighted by atomic mass is 9.82. The number of esters is 1. The van der Waals surface area contributed by atoms with Crippen LogP contribution < -0.4 is 0 Å². The highest BCUT2D eigenvalue weighted by molar-refractivity contribution is 7.89. The highest BCUT2D eigenvalue weighted by atomic mass is 32.2. The third kappa shape index (κ3) is 3.66. The van der Waals surface area contributed by atoms with E-state index >= 15 is 0 Å². The molecule has 2 aromatic rings. The molecule has 0 spiro atoms. The van der Waals surface area contributed by atoms with Gasteiger partial charge in [-0.1, -0.05) is 48.0 Å². The van der Waals surface area contributed by atoms with Gasteiger partial charge in [0.15, 0.2) is 0 Å². The zero-order chi connectivity index (χ0) is 20.6. The van der Waals surface area contributed by atoms with Crippen molar-refractivity contribution in [3.63, 3.8) is 0 Å². The molecule has 0 amide bonds. The zero-order valence-electron chi connectivity index (χ0n) is 16.5. The van der Waals surface area contributed by atoms with Crippen molar-refractivity contribution in [2.45, 2.75) is 18.2 Å². The van der Waals surface area contributed by atoms with Crippen molar-refractivity contribution < 1.29 is 17.9 Å². The number of sulfonamides is 1. The van der Waals surface area contributed by atoms with E-state index in [1.807, 2.05) is 43.3 Å². The zero-order valence-corrected chi connectivity index (χ0v) is 17.3. The number of ether oxygens (including phenoxy) is 1. The van der Waals surface area contributed by atoms with Crippen LogP contribution in [0.3, 0.4) is 0 Å². The minimum Gasteiger partial charge on any atom is -0.465 e. The number of hydrogen-bond acceptors (Lipinski definition) is 4. The second-order valence-electron chi connectivity index (χ2n) is 7.48. The quantitative estimate of drug-likeness (QED) is 0.724. The molecule has 6 heteroatoms. The maximum atomic E-state index is 13.1. The van der Waals surface area contributed by atoms with Gasteiger partial charge in [0.2, 0.25) is 10.0 Å². The van der Waals surface area contributed by atoms with E-state index in [4.69, 9.17) is 4.74 Å². The Morgan fingerprint density at radius 1 is 1.07 bits per heavy atom. The lowest BCUT2D eigenvalue weighted by Crippen LogP contribution is -2.29. The van der Waals surface area contributed by atoms with E-state index < -0.39 is 16.0 Å². The number of aryl methyl sites for hydroxylation is 1. The van der Waals surface area contributed by atoms with Crippen LogP contribution >= 0.6 is 0 Å². The van der Waals surface area contributed by atoms with E-state index in [2.05, 4.69) is 0 Å². The van der Waals surface area contributed by atoms with Crippen LogP contribution in [0.2, 0.25) is 0 Å². The number of carbonyl (C=O) groups excluding carboxylic acids is 1. The molecule has 29 heavy (non-hydrogen) atoms. The smallest absolute Gasteiger partial charge is 0.338 e. The van der Waals surface area contributed by atoms with Crippen LogP contribution in [0.1, 0.15) is 17.5 Å². The first-order valence-corrected chi connectivity index (χ1v) is 11.0. The van der Waals surface area contributed by atoms with Gasteiger partial charge in [-0.3, -0.25) is 0 Å². The molecular weight excluding hydrogens is 386 g/mol. The average Bonchev–Trinajstić information content (AvgIpc) is 3.17. The fraction of sp³-hybridized carbons (Fsp3) is 0.261. The summed E-state index contributed by atoms with van der Waals surface area (Å²) in [5, 5.41) is 0. The molecule has 0 aromatic heterocycles. The summed E-state index contributed by atoms with van der Waals surface area (Å²) < 4.78 is 32.7. The van der Waals surface area contributed by atoms with E-state index in [-0.39, 0.29) is 5.92 Å². The van der Waals surface area contributed by atoms with E-state index in [0.717, 1.165) is 22.3 Å². The van der Waals surface area contributed by atoms with Crippen molar-refractivity contribution in [3.8, 4) is 0 Å². The summed E-state index contributed by atoms with van der Waals surface area (Å²) in [6.07, 6.45) is 2.44. The van der Waals surface area contributed by atoms with Crippen LogP contribution in [0.5, 0.6) is 0 Å². The van der Waals surface area contributed by atoms with E-state index in [1.165, 1.54) is 11.4 Å². The first kappa shape index (κ1) is 19.6. The van der Waals surface area contributed by atoms with Gasteiger partial charge in [-0.2, -0.15) is 4.31 Å². The lowest BCUT2D eigenvalue weighted by Gasteiger charge is -2.22. The van der Waals surface area contributed by atoms with Gasteiger partial charge in [-0.15, -0.1) is 0 Å². The maximum Gasteiger partial charge on any atom is 0.338 e. The third-order valence-corrected chi connectivity index (χ3v) is 7.42. The standard InChI is InChI=1S/C23H23NO4S/c1-16-8-10-20(11-9-16)29(26,27)24-14-18-12-21(17-6-4-3-5-7-17)22(23(25)28-2)13-19(18)15-24/h3-11,13,18H,12,14-15H2,1-2H3. The molecule has 4 rings (SSSR count). The second kappa shape index (κ2) is 7.61. The molecule has 2 aliphatic rings. The first-order valence-electron chi connectivity index (χ1n) is 9.54. The normalized spacial score (nSPS) is 19.7. The van der Waals surface area contributed by atoms with Crippen molar-refractivity contribution in [3.05, 3.63) is 82.9 Å². The van der Waals surface area contributed by atoms with Crippen LogP contribution in [-0.2, 0) is 19.6 Å². The molecule has 0 saturated carbocycles. The molecule has 1 fully saturated rings. The number of hydrogen-bond donors (Lipinski definition) is 0. The van der Waals surface area contributed by atoms with E-state index in [9.17, 15) is 13.2 Å². The summed E-state index contributed by atoms with van der Waals surface area (Å²) in [5.41, 5.74) is 4.35. The van der Waals surface area contributed by atoms with Crippen molar-refractivity contribution in [1.29, 1.82) is 0 Å². The van der Waals surface area contributed by atoms with E-state index in [0.29, 0.717) is 30.0 Å². The Morgan fingerprint density at radius 3 is 2.41 bits per heavy atom. The number of rotatable bonds is 4. The van der Waals surface area contributed by atoms with Gasteiger partial charge in [0.05, 0.1) is 17.6 Å². The number of nitrogens with zero attached hydrogens (tertiary/aromatic N) is 1. The number of allylic oxidation sites excluding steroid dienone is 1. The summed E-state index contributed by atoms with van der Waals surface area (Å²) in [7, 11) is -2.21. The molecule has 150 valence electrons. The number of benzene rings is 2. The monoisotopic (exact) mass is 409 g/mol. The van der Waals surface area contributed by atoms with Crippen molar-refractivity contribution in [1.82, 2.24) is 4.31 Å². The highest BCUT2D eigenvalue weighted by Crippen LogP contribution is 2.41. The predicted molar refractivity (Wildman–Crippen MR) is 112 cm³/mol. The Hall–Kier alpha value is -2.70. The largest absolute Gasteiger partial charge is 0.465 e. The fourth-order valence-electron chi connectivity index (χ4n) is 4.00. The highest BCUT2D eigenvalue weighted by Gasteiger charge is 2.39. The van der Waals surface area contributed by atoms with Gasteiger partial charge < -0.3 is 4.74 Å². The Balaban J connectivity index is 1.66. The fourth-order valence-corrected chi connectivity index (χ4v) is 5.47. The summed E-state index contributed by atoms with van der Waals surface area (Å²) in [5.74, 6) is -0.339. The second-order valence-corrected chi connectivity index (χ2v) is 9.42. The molecule has 1 aliphatic heterocycles. The van der Waals surface area contributed by atoms with Crippen LogP contribution in [0, 0.1) is 12.8 Å². The molecule has 1 aliphatic carbocycles. The number of carbonyl (C=O) groups is 1. The molecule has 0 N–H and O–H groups in total. The number of fused-ring (bicyclic) bond motifs is 1. The molecule has 5 nitrogen and oxygen atoms in total. The average molecular weight is 410 g/mol. The Kier molecular flexibility index (Phi) is 5.15. The molecular formula is C23H23NO4S. The summed E-state index contributed by atoms with van der Waals surface area (Å²) in [6, 6.07) is 16.6. The molecule has 1 unspecified atom stereocenters. The van der Waals surface area contributed by atoms with Crippen LogP contribution in [-0.4, -0.2) is 38.9 Å².